The Bertz CT molecular complexity index is 669. The van der Waals surface area contributed by atoms with Crippen molar-refractivity contribution >= 4 is 29.3 Å². The lowest BCUT2D eigenvalue weighted by Crippen LogP contribution is -2.42. The maximum absolute atomic E-state index is 5.99. The van der Waals surface area contributed by atoms with Gasteiger partial charge in [0, 0.05) is 35.2 Å². The number of aliphatic imine (C=N–C) groups is 1. The van der Waals surface area contributed by atoms with Crippen LogP contribution in [0.1, 0.15) is 5.89 Å². The van der Waals surface area contributed by atoms with Gasteiger partial charge in [0.15, 0.2) is 5.96 Å². The SMILES string of the molecule is NC(=NCc1nc(-c2cccc(Cl)c2)no1)N1CCSCC1. The zero-order valence-electron chi connectivity index (χ0n) is 11.9. The van der Waals surface area contributed by atoms with Gasteiger partial charge in [-0.15, -0.1) is 0 Å². The highest BCUT2D eigenvalue weighted by atomic mass is 35.5. The van der Waals surface area contributed by atoms with Crippen molar-refractivity contribution in [3.63, 3.8) is 0 Å². The van der Waals surface area contributed by atoms with Crippen LogP contribution in [-0.4, -0.2) is 45.6 Å². The fourth-order valence-corrected chi connectivity index (χ4v) is 3.20. The minimum atomic E-state index is 0.281. The number of halogens is 1. The highest BCUT2D eigenvalue weighted by Gasteiger charge is 2.13. The second-order valence-electron chi connectivity index (χ2n) is 4.80. The summed E-state index contributed by atoms with van der Waals surface area (Å²) in [4.78, 5) is 10.7. The molecule has 2 aromatic rings. The van der Waals surface area contributed by atoms with Crippen LogP contribution in [0.25, 0.3) is 11.4 Å². The topological polar surface area (TPSA) is 80.5 Å². The van der Waals surface area contributed by atoms with E-state index in [0.29, 0.717) is 22.7 Å². The monoisotopic (exact) mass is 337 g/mol. The van der Waals surface area contributed by atoms with Gasteiger partial charge in [0.2, 0.25) is 11.7 Å². The number of thioether (sulfide) groups is 1. The second kappa shape index (κ2) is 7.02. The average Bonchev–Trinajstić information content (AvgIpc) is 3.02. The minimum Gasteiger partial charge on any atom is -0.370 e. The molecule has 2 N–H and O–H groups in total. The van der Waals surface area contributed by atoms with Gasteiger partial charge in [-0.2, -0.15) is 16.7 Å². The maximum atomic E-state index is 5.99. The molecule has 0 radical (unpaired) electrons. The third-order valence-corrected chi connectivity index (χ3v) is 4.44. The molecule has 1 aromatic heterocycles. The predicted molar refractivity (Wildman–Crippen MR) is 89.0 cm³/mol. The van der Waals surface area contributed by atoms with Crippen molar-refractivity contribution in [3.05, 3.63) is 35.2 Å². The van der Waals surface area contributed by atoms with Crippen LogP contribution in [0.5, 0.6) is 0 Å². The van der Waals surface area contributed by atoms with Gasteiger partial charge in [-0.25, -0.2) is 4.99 Å². The van der Waals surface area contributed by atoms with Crippen molar-refractivity contribution in [2.45, 2.75) is 6.54 Å². The smallest absolute Gasteiger partial charge is 0.248 e. The summed E-state index contributed by atoms with van der Waals surface area (Å²) in [7, 11) is 0. The molecule has 1 fully saturated rings. The van der Waals surface area contributed by atoms with E-state index >= 15 is 0 Å². The maximum Gasteiger partial charge on any atom is 0.248 e. The van der Waals surface area contributed by atoms with E-state index in [1.807, 2.05) is 23.9 Å². The number of nitrogens with zero attached hydrogens (tertiary/aromatic N) is 4. The fraction of sp³-hybridized carbons (Fsp3) is 0.357. The Morgan fingerprint density at radius 3 is 3.00 bits per heavy atom. The number of aromatic nitrogens is 2. The molecular formula is C14H16ClN5OS. The van der Waals surface area contributed by atoms with E-state index in [2.05, 4.69) is 20.0 Å². The number of hydrogen-bond acceptors (Lipinski definition) is 5. The van der Waals surface area contributed by atoms with E-state index in [1.165, 1.54) is 0 Å². The van der Waals surface area contributed by atoms with Crippen molar-refractivity contribution in [2.24, 2.45) is 10.7 Å². The molecular weight excluding hydrogens is 322 g/mol. The summed E-state index contributed by atoms with van der Waals surface area (Å²) in [5.74, 6) is 3.62. The molecule has 1 aliphatic rings. The molecule has 0 saturated carbocycles. The van der Waals surface area contributed by atoms with Crippen molar-refractivity contribution in [1.29, 1.82) is 0 Å². The van der Waals surface area contributed by atoms with Crippen LogP contribution in [0.15, 0.2) is 33.8 Å². The molecule has 8 heteroatoms. The number of nitrogens with two attached hydrogens (primary N) is 1. The third kappa shape index (κ3) is 3.72. The van der Waals surface area contributed by atoms with E-state index < -0.39 is 0 Å². The van der Waals surface area contributed by atoms with Gasteiger partial charge in [0.25, 0.3) is 0 Å². The molecule has 0 aliphatic carbocycles. The quantitative estimate of drug-likeness (QED) is 0.683. The van der Waals surface area contributed by atoms with E-state index in [9.17, 15) is 0 Å². The average molecular weight is 338 g/mol. The lowest BCUT2D eigenvalue weighted by Gasteiger charge is -2.26. The Balaban J connectivity index is 1.66. The largest absolute Gasteiger partial charge is 0.370 e. The first kappa shape index (κ1) is 15.2. The zero-order valence-corrected chi connectivity index (χ0v) is 13.5. The van der Waals surface area contributed by atoms with E-state index in [0.717, 1.165) is 30.2 Å². The summed E-state index contributed by atoms with van der Waals surface area (Å²) in [5, 5.41) is 4.58. The second-order valence-corrected chi connectivity index (χ2v) is 6.46. The highest BCUT2D eigenvalue weighted by molar-refractivity contribution is 7.99. The standard InChI is InChI=1S/C14H16ClN5OS/c15-11-3-1-2-10(8-11)13-18-12(21-19-13)9-17-14(16)20-4-6-22-7-5-20/h1-3,8H,4-7,9H2,(H2,16,17). The van der Waals surface area contributed by atoms with Gasteiger partial charge in [-0.05, 0) is 12.1 Å². The first-order valence-electron chi connectivity index (χ1n) is 6.93. The molecule has 1 aromatic carbocycles. The fourth-order valence-electron chi connectivity index (χ4n) is 2.10. The summed E-state index contributed by atoms with van der Waals surface area (Å²) < 4.78 is 5.21. The van der Waals surface area contributed by atoms with Crippen LogP contribution in [0, 0.1) is 0 Å². The molecule has 0 atom stereocenters. The van der Waals surface area contributed by atoms with Gasteiger partial charge < -0.3 is 15.2 Å². The van der Waals surface area contributed by atoms with Crippen LogP contribution >= 0.6 is 23.4 Å². The first-order valence-corrected chi connectivity index (χ1v) is 8.47. The Labute approximate surface area is 137 Å². The Kier molecular flexibility index (Phi) is 4.84. The summed E-state index contributed by atoms with van der Waals surface area (Å²) >= 11 is 7.89. The highest BCUT2D eigenvalue weighted by Crippen LogP contribution is 2.20. The molecule has 1 saturated heterocycles. The van der Waals surface area contributed by atoms with E-state index in [-0.39, 0.29) is 6.54 Å². The van der Waals surface area contributed by atoms with Gasteiger partial charge in [0.05, 0.1) is 0 Å². The van der Waals surface area contributed by atoms with Crippen LogP contribution in [0.4, 0.5) is 0 Å². The summed E-state index contributed by atoms with van der Waals surface area (Å²) in [5.41, 5.74) is 6.81. The number of rotatable bonds is 3. The van der Waals surface area contributed by atoms with Crippen molar-refractivity contribution < 1.29 is 4.52 Å². The molecule has 0 bridgehead atoms. The number of hydrogen-bond donors (Lipinski definition) is 1. The van der Waals surface area contributed by atoms with Crippen molar-refractivity contribution in [2.75, 3.05) is 24.6 Å². The van der Waals surface area contributed by atoms with Crippen molar-refractivity contribution in [1.82, 2.24) is 15.0 Å². The van der Waals surface area contributed by atoms with Crippen LogP contribution < -0.4 is 5.73 Å². The van der Waals surface area contributed by atoms with E-state index in [1.54, 1.807) is 12.1 Å². The first-order chi connectivity index (χ1) is 10.7. The van der Waals surface area contributed by atoms with Gasteiger partial charge in [0.1, 0.15) is 6.54 Å². The van der Waals surface area contributed by atoms with Gasteiger partial charge in [-0.3, -0.25) is 0 Å². The Hall–Kier alpha value is -1.73. The minimum absolute atomic E-state index is 0.281. The Morgan fingerprint density at radius 2 is 2.23 bits per heavy atom. The van der Waals surface area contributed by atoms with Crippen LogP contribution in [0.2, 0.25) is 5.02 Å². The molecule has 3 rings (SSSR count). The molecule has 116 valence electrons. The van der Waals surface area contributed by atoms with Crippen LogP contribution in [-0.2, 0) is 6.54 Å². The molecule has 0 spiro atoms. The summed E-state index contributed by atoms with van der Waals surface area (Å²) in [6.45, 7) is 2.14. The number of benzene rings is 1. The van der Waals surface area contributed by atoms with Crippen LogP contribution in [0.3, 0.4) is 0 Å². The molecule has 2 heterocycles. The summed E-state index contributed by atoms with van der Waals surface area (Å²) in [6.07, 6.45) is 0. The van der Waals surface area contributed by atoms with Gasteiger partial charge >= 0.3 is 0 Å². The molecule has 6 nitrogen and oxygen atoms in total. The predicted octanol–water partition coefficient (Wildman–Crippen LogP) is 2.25. The summed E-state index contributed by atoms with van der Waals surface area (Å²) in [6, 6.07) is 7.31. The normalized spacial score (nSPS) is 16.0. The third-order valence-electron chi connectivity index (χ3n) is 3.26. The molecule has 22 heavy (non-hydrogen) atoms. The zero-order chi connectivity index (χ0) is 15.4. The molecule has 1 aliphatic heterocycles. The van der Waals surface area contributed by atoms with Crippen molar-refractivity contribution in [3.8, 4) is 11.4 Å². The molecule has 0 unspecified atom stereocenters. The Morgan fingerprint density at radius 1 is 1.41 bits per heavy atom. The lowest BCUT2D eigenvalue weighted by molar-refractivity contribution is 0.379. The van der Waals surface area contributed by atoms with E-state index in [4.69, 9.17) is 21.9 Å². The van der Waals surface area contributed by atoms with Gasteiger partial charge in [-0.1, -0.05) is 28.9 Å². The number of guanidine groups is 1. The lowest BCUT2D eigenvalue weighted by atomic mass is 10.2. The molecule has 0 amide bonds.